The fourth-order valence-corrected chi connectivity index (χ4v) is 3.44. The molecule has 0 amide bonds. The average Bonchev–Trinajstić information content (AvgIpc) is 2.76. The van der Waals surface area contributed by atoms with E-state index < -0.39 is 42.1 Å². The van der Waals surface area contributed by atoms with E-state index in [1.54, 1.807) is 55.5 Å². The van der Waals surface area contributed by atoms with Crippen molar-refractivity contribution in [2.24, 2.45) is 0 Å². The van der Waals surface area contributed by atoms with Crippen molar-refractivity contribution in [2.45, 2.75) is 37.6 Å². The number of hydrogen-bond donors (Lipinski definition) is 4. The summed E-state index contributed by atoms with van der Waals surface area (Å²) < 4.78 is 16.7. The summed E-state index contributed by atoms with van der Waals surface area (Å²) in [6.07, 6.45) is -9.17. The Kier molecular flexibility index (Phi) is 5.50. The number of aryl methyl sites for hydroxylation is 1. The summed E-state index contributed by atoms with van der Waals surface area (Å²) in [5.74, 6) is -1.83. The van der Waals surface area contributed by atoms with Crippen LogP contribution in [0.3, 0.4) is 0 Å². The molecule has 162 valence electrons. The highest BCUT2D eigenvalue weighted by Crippen LogP contribution is 2.33. The Morgan fingerprint density at radius 3 is 2.39 bits per heavy atom. The number of benzene rings is 2. The Bertz CT molecular complexity index is 1170. The molecule has 0 bridgehead atoms. The van der Waals surface area contributed by atoms with E-state index in [0.717, 1.165) is 5.56 Å². The van der Waals surface area contributed by atoms with Gasteiger partial charge in [0.25, 0.3) is 0 Å². The van der Waals surface area contributed by atoms with Crippen LogP contribution in [0, 0.1) is 6.92 Å². The normalized spacial score (nSPS) is 26.0. The first-order valence-corrected chi connectivity index (χ1v) is 9.50. The Morgan fingerprint density at radius 1 is 1.00 bits per heavy atom. The van der Waals surface area contributed by atoms with Crippen molar-refractivity contribution in [3.63, 3.8) is 0 Å². The molecule has 2 aromatic carbocycles. The first-order chi connectivity index (χ1) is 14.8. The quantitative estimate of drug-likeness (QED) is 0.478. The van der Waals surface area contributed by atoms with Crippen LogP contribution in [-0.4, -0.2) is 57.1 Å². The Balaban J connectivity index is 1.85. The molecule has 1 aliphatic rings. The largest absolute Gasteiger partial charge is 0.479 e. The monoisotopic (exact) mass is 428 g/mol. The molecule has 5 atom stereocenters. The Morgan fingerprint density at radius 2 is 1.71 bits per heavy atom. The van der Waals surface area contributed by atoms with Gasteiger partial charge in [0.2, 0.25) is 17.5 Å². The number of carboxylic acids is 1. The van der Waals surface area contributed by atoms with Crippen molar-refractivity contribution in [3.05, 3.63) is 64.3 Å². The van der Waals surface area contributed by atoms with Crippen LogP contribution in [0.25, 0.3) is 22.3 Å². The molecule has 0 spiro atoms. The van der Waals surface area contributed by atoms with Crippen LogP contribution in [0.5, 0.6) is 5.75 Å². The zero-order valence-corrected chi connectivity index (χ0v) is 16.3. The molecular formula is C22H20O9. The summed E-state index contributed by atoms with van der Waals surface area (Å²) in [5, 5.41) is 39.7. The highest BCUT2D eigenvalue weighted by Gasteiger charge is 2.48. The molecule has 0 radical (unpaired) electrons. The zero-order valence-electron chi connectivity index (χ0n) is 16.3. The van der Waals surface area contributed by atoms with Crippen molar-refractivity contribution < 1.29 is 39.1 Å². The van der Waals surface area contributed by atoms with Crippen LogP contribution in [0.2, 0.25) is 0 Å². The summed E-state index contributed by atoms with van der Waals surface area (Å²) in [6.45, 7) is 1.80. The third kappa shape index (κ3) is 3.79. The summed E-state index contributed by atoms with van der Waals surface area (Å²) in [5.41, 5.74) is 1.05. The van der Waals surface area contributed by atoms with Crippen LogP contribution in [0.1, 0.15) is 5.56 Å². The molecule has 0 aliphatic carbocycles. The van der Waals surface area contributed by atoms with Gasteiger partial charge in [0.1, 0.15) is 23.9 Å². The minimum absolute atomic E-state index is 0.0465. The van der Waals surface area contributed by atoms with Crippen LogP contribution in [0.15, 0.2) is 57.7 Å². The maximum absolute atomic E-state index is 13.3. The van der Waals surface area contributed by atoms with E-state index in [1.807, 2.05) is 0 Å². The van der Waals surface area contributed by atoms with Gasteiger partial charge in [0.15, 0.2) is 11.9 Å². The van der Waals surface area contributed by atoms with E-state index in [2.05, 4.69) is 0 Å². The van der Waals surface area contributed by atoms with Gasteiger partial charge in [-0.25, -0.2) is 4.79 Å². The maximum atomic E-state index is 13.3. The van der Waals surface area contributed by atoms with Gasteiger partial charge in [-0.15, -0.1) is 0 Å². The smallest absolute Gasteiger partial charge is 0.335 e. The van der Waals surface area contributed by atoms with E-state index in [4.69, 9.17) is 13.9 Å². The predicted molar refractivity (Wildman–Crippen MR) is 108 cm³/mol. The average molecular weight is 428 g/mol. The van der Waals surface area contributed by atoms with E-state index >= 15 is 0 Å². The van der Waals surface area contributed by atoms with Gasteiger partial charge in [-0.1, -0.05) is 42.0 Å². The fourth-order valence-electron chi connectivity index (χ4n) is 3.44. The molecular weight excluding hydrogens is 408 g/mol. The minimum atomic E-state index is -1.88. The second kappa shape index (κ2) is 8.12. The van der Waals surface area contributed by atoms with E-state index in [1.165, 1.54) is 0 Å². The topological polar surface area (TPSA) is 147 Å². The lowest BCUT2D eigenvalue weighted by Gasteiger charge is -2.38. The number of rotatable bonds is 4. The summed E-state index contributed by atoms with van der Waals surface area (Å²) in [6, 6.07) is 13.6. The molecule has 4 N–H and O–H groups in total. The molecule has 1 fully saturated rings. The Labute approximate surface area is 175 Å². The van der Waals surface area contributed by atoms with Crippen LogP contribution in [-0.2, 0) is 9.53 Å². The van der Waals surface area contributed by atoms with Crippen molar-refractivity contribution in [1.29, 1.82) is 0 Å². The van der Waals surface area contributed by atoms with E-state index in [9.17, 15) is 30.0 Å². The van der Waals surface area contributed by atoms with Crippen LogP contribution >= 0.6 is 0 Å². The molecule has 0 saturated carbocycles. The lowest BCUT2D eigenvalue weighted by molar-refractivity contribution is -0.271. The van der Waals surface area contributed by atoms with Crippen molar-refractivity contribution >= 4 is 16.9 Å². The molecule has 9 nitrogen and oxygen atoms in total. The number of hydrogen-bond acceptors (Lipinski definition) is 8. The standard InChI is InChI=1S/C22H20O9/c1-10-7-8-13-12(9-10)14(23)19(18(29-13)11-5-3-2-4-6-11)30-22-17(26)15(24)16(25)20(31-22)21(27)28/h2-9,15-17,20,22,24-26H,1H3,(H,27,28)/t15-,16-,17+,20-,22?/m0/s1. The van der Waals surface area contributed by atoms with Crippen molar-refractivity contribution in [3.8, 4) is 17.1 Å². The third-order valence-corrected chi connectivity index (χ3v) is 5.09. The Hall–Kier alpha value is -3.24. The molecule has 9 heteroatoms. The number of aliphatic hydroxyl groups is 3. The van der Waals surface area contributed by atoms with Gasteiger partial charge < -0.3 is 34.3 Å². The molecule has 3 aromatic rings. The van der Waals surface area contributed by atoms with Gasteiger partial charge in [-0.3, -0.25) is 4.79 Å². The summed E-state index contributed by atoms with van der Waals surface area (Å²) >= 11 is 0. The number of aliphatic hydroxyl groups excluding tert-OH is 3. The highest BCUT2D eigenvalue weighted by molar-refractivity contribution is 5.82. The molecule has 1 saturated heterocycles. The number of carboxylic acid groups (broad SMARTS) is 1. The first kappa shape index (κ1) is 21.0. The van der Waals surface area contributed by atoms with E-state index in [-0.39, 0.29) is 16.9 Å². The zero-order chi connectivity index (χ0) is 22.3. The molecule has 31 heavy (non-hydrogen) atoms. The number of aliphatic carboxylic acids is 1. The van der Waals surface area contributed by atoms with Crippen LogP contribution < -0.4 is 10.2 Å². The van der Waals surface area contributed by atoms with Crippen molar-refractivity contribution in [1.82, 2.24) is 0 Å². The number of carbonyl (C=O) groups is 1. The minimum Gasteiger partial charge on any atom is -0.479 e. The lowest BCUT2D eigenvalue weighted by atomic mass is 9.99. The highest BCUT2D eigenvalue weighted by atomic mass is 16.7. The van der Waals surface area contributed by atoms with Crippen LogP contribution in [0.4, 0.5) is 0 Å². The number of fused-ring (bicyclic) bond motifs is 1. The van der Waals surface area contributed by atoms with Gasteiger partial charge in [-0.05, 0) is 19.1 Å². The molecule has 1 aromatic heterocycles. The molecule has 2 heterocycles. The van der Waals surface area contributed by atoms with Gasteiger partial charge in [0.05, 0.1) is 5.39 Å². The fraction of sp³-hybridized carbons (Fsp3) is 0.273. The second-order valence-corrected chi connectivity index (χ2v) is 7.31. The van der Waals surface area contributed by atoms with E-state index in [0.29, 0.717) is 11.1 Å². The van der Waals surface area contributed by atoms with Gasteiger partial charge >= 0.3 is 5.97 Å². The predicted octanol–water partition coefficient (Wildman–Crippen LogP) is 1.04. The van der Waals surface area contributed by atoms with Gasteiger partial charge in [0, 0.05) is 5.56 Å². The summed E-state index contributed by atoms with van der Waals surface area (Å²) in [7, 11) is 0. The molecule has 4 rings (SSSR count). The first-order valence-electron chi connectivity index (χ1n) is 9.50. The third-order valence-electron chi connectivity index (χ3n) is 5.09. The second-order valence-electron chi connectivity index (χ2n) is 7.31. The lowest BCUT2D eigenvalue weighted by Crippen LogP contribution is -2.61. The SMILES string of the molecule is Cc1ccc2oc(-c3ccccc3)c(OC3O[C@H](C(=O)O)[C@@H](O)[C@H](O)[C@H]3O)c(=O)c2c1. The molecule has 1 unspecified atom stereocenters. The molecule has 1 aliphatic heterocycles. The summed E-state index contributed by atoms with van der Waals surface area (Å²) in [4.78, 5) is 24.6. The number of ether oxygens (including phenoxy) is 2. The van der Waals surface area contributed by atoms with Gasteiger partial charge in [-0.2, -0.15) is 0 Å². The maximum Gasteiger partial charge on any atom is 0.335 e. The van der Waals surface area contributed by atoms with Crippen molar-refractivity contribution in [2.75, 3.05) is 0 Å².